The minimum atomic E-state index is -0.473. The van der Waals surface area contributed by atoms with Crippen LogP contribution in [0.25, 0.3) is 10.2 Å². The molecule has 0 unspecified atom stereocenters. The minimum Gasteiger partial charge on any atom is -0.310 e. The molecular formula is C17H20N8O2S. The highest BCUT2D eigenvalue weighted by molar-refractivity contribution is 7.22. The summed E-state index contributed by atoms with van der Waals surface area (Å²) in [5, 5.41) is 17.2. The molecule has 11 heteroatoms. The summed E-state index contributed by atoms with van der Waals surface area (Å²) in [6.07, 6.45) is 1.31. The highest BCUT2D eigenvalue weighted by Crippen LogP contribution is 2.34. The van der Waals surface area contributed by atoms with Gasteiger partial charge < -0.3 is 10.2 Å². The van der Waals surface area contributed by atoms with Gasteiger partial charge in [0.15, 0.2) is 5.13 Å². The van der Waals surface area contributed by atoms with Crippen LogP contribution in [0.1, 0.15) is 5.56 Å². The van der Waals surface area contributed by atoms with Gasteiger partial charge in [-0.15, -0.1) is 0 Å². The second-order valence-corrected chi connectivity index (χ2v) is 7.68. The molecule has 1 fully saturated rings. The molecule has 4 rings (SSSR count). The molecule has 2 aromatic heterocycles. The number of para-hydroxylation sites is 1. The van der Waals surface area contributed by atoms with Crippen molar-refractivity contribution in [2.45, 2.75) is 6.92 Å². The molecule has 28 heavy (non-hydrogen) atoms. The Morgan fingerprint density at radius 2 is 1.93 bits per heavy atom. The first-order valence-corrected chi connectivity index (χ1v) is 9.65. The number of piperazine rings is 1. The van der Waals surface area contributed by atoms with Crippen LogP contribution in [0.3, 0.4) is 0 Å². The molecule has 2 N–H and O–H groups in total. The molecule has 0 atom stereocenters. The zero-order valence-electron chi connectivity index (χ0n) is 15.5. The summed E-state index contributed by atoms with van der Waals surface area (Å²) >= 11 is 1.43. The number of aromatic nitrogens is 3. The third-order valence-corrected chi connectivity index (χ3v) is 5.55. The fraction of sp³-hybridized carbons (Fsp3) is 0.353. The number of anilines is 3. The lowest BCUT2D eigenvalue weighted by Gasteiger charge is -2.32. The molecule has 0 amide bonds. The van der Waals surface area contributed by atoms with Crippen LogP contribution in [0.15, 0.2) is 24.5 Å². The number of hydrogen-bond donors (Lipinski definition) is 2. The van der Waals surface area contributed by atoms with Gasteiger partial charge in [-0.3, -0.25) is 15.5 Å². The zero-order valence-corrected chi connectivity index (χ0v) is 16.4. The lowest BCUT2D eigenvalue weighted by atomic mass is 10.2. The average molecular weight is 400 g/mol. The van der Waals surface area contributed by atoms with Crippen molar-refractivity contribution in [3.05, 3.63) is 40.2 Å². The van der Waals surface area contributed by atoms with E-state index in [2.05, 4.69) is 30.6 Å². The molecule has 1 aliphatic rings. The number of fused-ring (bicyclic) bond motifs is 1. The van der Waals surface area contributed by atoms with Gasteiger partial charge in [0.05, 0.1) is 15.1 Å². The normalized spacial score (nSPS) is 15.6. The number of aryl methyl sites for hydroxylation is 1. The van der Waals surface area contributed by atoms with Crippen LogP contribution in [0.5, 0.6) is 0 Å². The van der Waals surface area contributed by atoms with E-state index in [1.54, 1.807) is 0 Å². The van der Waals surface area contributed by atoms with Crippen molar-refractivity contribution < 1.29 is 4.92 Å². The molecule has 0 spiro atoms. The maximum Gasteiger partial charge on any atom is 0.354 e. The van der Waals surface area contributed by atoms with E-state index in [0.717, 1.165) is 42.0 Å². The number of hydrogen-bond acceptors (Lipinski definition) is 10. The van der Waals surface area contributed by atoms with Gasteiger partial charge in [-0.25, -0.2) is 20.0 Å². The molecule has 10 nitrogen and oxygen atoms in total. The predicted molar refractivity (Wildman–Crippen MR) is 109 cm³/mol. The van der Waals surface area contributed by atoms with Crippen molar-refractivity contribution in [3.63, 3.8) is 0 Å². The van der Waals surface area contributed by atoms with Crippen molar-refractivity contribution >= 4 is 44.0 Å². The average Bonchev–Trinajstić information content (AvgIpc) is 3.07. The Balaban J connectivity index is 1.62. The summed E-state index contributed by atoms with van der Waals surface area (Å²) in [5.74, 6) is 0.290. The summed E-state index contributed by atoms with van der Waals surface area (Å²) < 4.78 is 1.01. The summed E-state index contributed by atoms with van der Waals surface area (Å²) in [6.45, 7) is 5.23. The van der Waals surface area contributed by atoms with Gasteiger partial charge in [0, 0.05) is 26.2 Å². The van der Waals surface area contributed by atoms with Crippen LogP contribution in [0.2, 0.25) is 0 Å². The molecule has 0 radical (unpaired) electrons. The molecular weight excluding hydrogens is 380 g/mol. The Labute approximate surface area is 165 Å². The molecule has 1 aliphatic heterocycles. The standard InChI is InChI=1S/C17H20N8O2S/c1-11-4-3-5-12-13(11)20-17(28-12)21-15-14(25(26)27)16(19-10-18-15)22-24-8-6-23(2)7-9-24/h3-5,10H,6-9H2,1-2H3,(H2,18,19,20,21,22). The Hall–Kier alpha value is -2.89. The number of nitro groups is 1. The highest BCUT2D eigenvalue weighted by atomic mass is 32.1. The Bertz CT molecular complexity index is 1020. The second kappa shape index (κ2) is 7.62. The van der Waals surface area contributed by atoms with Crippen molar-refractivity contribution in [1.29, 1.82) is 0 Å². The SMILES string of the molecule is Cc1cccc2sc(Nc3ncnc(NN4CCN(C)CC4)c3[N+](=O)[O-])nc12. The van der Waals surface area contributed by atoms with Gasteiger partial charge in [0.2, 0.25) is 11.6 Å². The van der Waals surface area contributed by atoms with Gasteiger partial charge in [-0.2, -0.15) is 0 Å². The maximum absolute atomic E-state index is 11.8. The van der Waals surface area contributed by atoms with Crippen LogP contribution in [-0.4, -0.2) is 63.0 Å². The molecule has 0 bridgehead atoms. The van der Waals surface area contributed by atoms with E-state index in [4.69, 9.17) is 0 Å². The van der Waals surface area contributed by atoms with Crippen molar-refractivity contribution in [1.82, 2.24) is 24.9 Å². The van der Waals surface area contributed by atoms with E-state index < -0.39 is 4.92 Å². The number of thiazole rings is 1. The lowest BCUT2D eigenvalue weighted by Crippen LogP contribution is -2.47. The molecule has 0 saturated carbocycles. The van der Waals surface area contributed by atoms with Gasteiger partial charge >= 0.3 is 5.69 Å². The summed E-state index contributed by atoms with van der Waals surface area (Å²) in [5.41, 5.74) is 4.80. The number of nitrogens with one attached hydrogen (secondary N) is 2. The van der Waals surface area contributed by atoms with E-state index >= 15 is 0 Å². The lowest BCUT2D eigenvalue weighted by molar-refractivity contribution is -0.383. The fourth-order valence-electron chi connectivity index (χ4n) is 3.03. The fourth-order valence-corrected chi connectivity index (χ4v) is 3.98. The molecule has 3 heterocycles. The van der Waals surface area contributed by atoms with Crippen LogP contribution in [-0.2, 0) is 0 Å². The first-order valence-electron chi connectivity index (χ1n) is 8.84. The van der Waals surface area contributed by atoms with Gasteiger partial charge in [-0.05, 0) is 25.6 Å². The number of nitrogens with zero attached hydrogens (tertiary/aromatic N) is 6. The van der Waals surface area contributed by atoms with Crippen LogP contribution >= 0.6 is 11.3 Å². The summed E-state index contributed by atoms with van der Waals surface area (Å²) in [6, 6.07) is 5.92. The Morgan fingerprint density at radius 1 is 1.18 bits per heavy atom. The highest BCUT2D eigenvalue weighted by Gasteiger charge is 2.26. The van der Waals surface area contributed by atoms with Crippen molar-refractivity contribution in [2.24, 2.45) is 0 Å². The minimum absolute atomic E-state index is 0.119. The molecule has 146 valence electrons. The van der Waals surface area contributed by atoms with E-state index in [1.165, 1.54) is 17.7 Å². The van der Waals surface area contributed by atoms with E-state index in [9.17, 15) is 10.1 Å². The third kappa shape index (κ3) is 3.72. The van der Waals surface area contributed by atoms with Crippen LogP contribution in [0, 0.1) is 17.0 Å². The molecule has 1 saturated heterocycles. The van der Waals surface area contributed by atoms with Gasteiger partial charge in [-0.1, -0.05) is 23.5 Å². The Kier molecular flexibility index (Phi) is 5.03. The largest absolute Gasteiger partial charge is 0.354 e. The van der Waals surface area contributed by atoms with Crippen LogP contribution in [0.4, 0.5) is 22.5 Å². The molecule has 0 aliphatic carbocycles. The monoisotopic (exact) mass is 400 g/mol. The third-order valence-electron chi connectivity index (χ3n) is 4.62. The predicted octanol–water partition coefficient (Wildman–Crippen LogP) is 2.62. The first kappa shape index (κ1) is 18.5. The number of rotatable bonds is 5. The number of likely N-dealkylation sites (N-methyl/N-ethyl adjacent to an activating group) is 1. The van der Waals surface area contributed by atoms with E-state index in [0.29, 0.717) is 5.13 Å². The molecule has 1 aromatic carbocycles. The van der Waals surface area contributed by atoms with E-state index in [-0.39, 0.29) is 17.3 Å². The van der Waals surface area contributed by atoms with E-state index in [1.807, 2.05) is 37.2 Å². The van der Waals surface area contributed by atoms with Crippen LogP contribution < -0.4 is 10.7 Å². The maximum atomic E-state index is 11.8. The first-order chi connectivity index (χ1) is 13.5. The quantitative estimate of drug-likeness (QED) is 0.493. The summed E-state index contributed by atoms with van der Waals surface area (Å²) in [7, 11) is 2.05. The Morgan fingerprint density at radius 3 is 2.64 bits per heavy atom. The summed E-state index contributed by atoms with van der Waals surface area (Å²) in [4.78, 5) is 26.2. The zero-order chi connectivity index (χ0) is 19.7. The van der Waals surface area contributed by atoms with Crippen molar-refractivity contribution in [2.75, 3.05) is 44.0 Å². The number of hydrazine groups is 1. The molecule has 3 aromatic rings. The van der Waals surface area contributed by atoms with Gasteiger partial charge in [0.1, 0.15) is 6.33 Å². The topological polar surface area (TPSA) is 112 Å². The van der Waals surface area contributed by atoms with Gasteiger partial charge in [0.25, 0.3) is 0 Å². The van der Waals surface area contributed by atoms with Crippen molar-refractivity contribution in [3.8, 4) is 0 Å². The second-order valence-electron chi connectivity index (χ2n) is 6.64. The number of benzene rings is 1. The smallest absolute Gasteiger partial charge is 0.310 e.